The number of ether oxygens (including phenoxy) is 1. The highest BCUT2D eigenvalue weighted by Gasteiger charge is 2.67. The Hall–Kier alpha value is -1.26. The molecule has 0 aliphatic heterocycles. The number of hydrogen-bond acceptors (Lipinski definition) is 3. The van der Waals surface area contributed by atoms with Gasteiger partial charge < -0.3 is 10.1 Å². The van der Waals surface area contributed by atoms with Crippen LogP contribution in [0.25, 0.3) is 0 Å². The van der Waals surface area contributed by atoms with Crippen LogP contribution >= 0.6 is 23.2 Å². The van der Waals surface area contributed by atoms with Crippen molar-refractivity contribution in [1.29, 1.82) is 0 Å². The van der Waals surface area contributed by atoms with Crippen molar-refractivity contribution < 1.29 is 14.3 Å². The molecule has 1 fully saturated rings. The molecular formula is C14H15Cl2NO3. The van der Waals surface area contributed by atoms with Crippen molar-refractivity contribution >= 4 is 40.8 Å². The van der Waals surface area contributed by atoms with Crippen molar-refractivity contribution in [2.45, 2.75) is 24.6 Å². The maximum atomic E-state index is 12.2. The standard InChI is InChI=1S/C14H15Cl2NO3/c1-8-9(11(18)20-3)5-4-6-10(8)17-12(19)13(2)7-14(13,15)16/h4-6H,7H2,1-3H3,(H,17,19). The van der Waals surface area contributed by atoms with E-state index in [4.69, 9.17) is 27.9 Å². The number of benzene rings is 1. The van der Waals surface area contributed by atoms with Gasteiger partial charge in [0.15, 0.2) is 0 Å². The van der Waals surface area contributed by atoms with E-state index in [2.05, 4.69) is 5.32 Å². The third-order valence-corrected chi connectivity index (χ3v) is 4.85. The van der Waals surface area contributed by atoms with E-state index in [0.29, 0.717) is 23.2 Å². The first-order valence-electron chi connectivity index (χ1n) is 6.10. The molecule has 0 heterocycles. The van der Waals surface area contributed by atoms with Crippen LogP contribution in [0.1, 0.15) is 29.3 Å². The molecular weight excluding hydrogens is 301 g/mol. The van der Waals surface area contributed by atoms with Gasteiger partial charge in [0.25, 0.3) is 0 Å². The lowest BCUT2D eigenvalue weighted by atomic mass is 10.1. The van der Waals surface area contributed by atoms with Gasteiger partial charge in [0, 0.05) is 5.69 Å². The molecule has 1 atom stereocenters. The fourth-order valence-electron chi connectivity index (χ4n) is 2.01. The number of carbonyl (C=O) groups excluding carboxylic acids is 2. The van der Waals surface area contributed by atoms with Crippen molar-refractivity contribution in [3.63, 3.8) is 0 Å². The van der Waals surface area contributed by atoms with Crippen LogP contribution in [0.4, 0.5) is 5.69 Å². The van der Waals surface area contributed by atoms with Crippen LogP contribution in [0.5, 0.6) is 0 Å². The summed E-state index contributed by atoms with van der Waals surface area (Å²) in [6, 6.07) is 5.04. The van der Waals surface area contributed by atoms with E-state index in [1.54, 1.807) is 32.0 Å². The Morgan fingerprint density at radius 1 is 1.35 bits per heavy atom. The summed E-state index contributed by atoms with van der Waals surface area (Å²) in [7, 11) is 1.31. The third-order valence-electron chi connectivity index (χ3n) is 3.75. The van der Waals surface area contributed by atoms with E-state index < -0.39 is 15.7 Å². The summed E-state index contributed by atoms with van der Waals surface area (Å²) in [6.45, 7) is 3.45. The zero-order valence-electron chi connectivity index (χ0n) is 11.4. The minimum absolute atomic E-state index is 0.257. The highest BCUT2D eigenvalue weighted by Crippen LogP contribution is 2.64. The molecule has 4 nitrogen and oxygen atoms in total. The first kappa shape index (κ1) is 15.1. The van der Waals surface area contributed by atoms with Crippen molar-refractivity contribution in [2.75, 3.05) is 12.4 Å². The molecule has 108 valence electrons. The van der Waals surface area contributed by atoms with Gasteiger partial charge in [0.05, 0.1) is 18.1 Å². The number of carbonyl (C=O) groups is 2. The molecule has 6 heteroatoms. The Bertz CT molecular complexity index is 586. The van der Waals surface area contributed by atoms with Gasteiger partial charge in [-0.05, 0) is 38.0 Å². The summed E-state index contributed by atoms with van der Waals surface area (Å²) in [5, 5.41) is 2.77. The van der Waals surface area contributed by atoms with Gasteiger partial charge in [-0.15, -0.1) is 23.2 Å². The molecule has 0 aromatic heterocycles. The van der Waals surface area contributed by atoms with Crippen molar-refractivity contribution in [2.24, 2.45) is 5.41 Å². The van der Waals surface area contributed by atoms with E-state index in [0.717, 1.165) is 0 Å². The number of alkyl halides is 2. The van der Waals surface area contributed by atoms with Crippen LogP contribution in [0, 0.1) is 12.3 Å². The van der Waals surface area contributed by atoms with Crippen molar-refractivity contribution in [3.05, 3.63) is 29.3 Å². The Morgan fingerprint density at radius 2 is 1.95 bits per heavy atom. The summed E-state index contributed by atoms with van der Waals surface area (Å²) in [6.07, 6.45) is 0.407. The Kier molecular flexibility index (Phi) is 3.73. The molecule has 20 heavy (non-hydrogen) atoms. The molecule has 0 bridgehead atoms. The van der Waals surface area contributed by atoms with Gasteiger partial charge in [-0.2, -0.15) is 0 Å². The molecule has 0 radical (unpaired) electrons. The lowest BCUT2D eigenvalue weighted by Crippen LogP contribution is -2.26. The van der Waals surface area contributed by atoms with Crippen LogP contribution in [0.3, 0.4) is 0 Å². The molecule has 1 amide bonds. The number of nitrogens with one attached hydrogen (secondary N) is 1. The molecule has 2 rings (SSSR count). The topological polar surface area (TPSA) is 55.4 Å². The highest BCUT2D eigenvalue weighted by atomic mass is 35.5. The van der Waals surface area contributed by atoms with E-state index in [-0.39, 0.29) is 5.91 Å². The van der Waals surface area contributed by atoms with E-state index in [9.17, 15) is 9.59 Å². The number of amides is 1. The monoisotopic (exact) mass is 315 g/mol. The highest BCUT2D eigenvalue weighted by molar-refractivity contribution is 6.53. The quantitative estimate of drug-likeness (QED) is 0.687. The summed E-state index contributed by atoms with van der Waals surface area (Å²) in [5.41, 5.74) is 0.806. The van der Waals surface area contributed by atoms with Crippen LogP contribution in [-0.4, -0.2) is 23.3 Å². The SMILES string of the molecule is COC(=O)c1cccc(NC(=O)C2(C)CC2(Cl)Cl)c1C. The molecule has 1 aliphatic carbocycles. The van der Waals surface area contributed by atoms with Gasteiger partial charge in [0.2, 0.25) is 5.91 Å². The van der Waals surface area contributed by atoms with Crippen LogP contribution < -0.4 is 5.32 Å². The number of esters is 1. The summed E-state index contributed by atoms with van der Waals surface area (Å²) in [5.74, 6) is -0.701. The van der Waals surface area contributed by atoms with Gasteiger partial charge in [-0.25, -0.2) is 4.79 Å². The third kappa shape index (κ3) is 2.38. The normalized spacial score (nSPS) is 23.1. The Balaban J connectivity index is 2.23. The molecule has 0 saturated heterocycles. The Morgan fingerprint density at radius 3 is 2.45 bits per heavy atom. The maximum absolute atomic E-state index is 12.2. The van der Waals surface area contributed by atoms with Gasteiger partial charge >= 0.3 is 5.97 Å². The molecule has 1 aromatic rings. The van der Waals surface area contributed by atoms with Crippen molar-refractivity contribution in [1.82, 2.24) is 0 Å². The zero-order valence-corrected chi connectivity index (χ0v) is 12.9. The summed E-state index contributed by atoms with van der Waals surface area (Å²) < 4.78 is 3.67. The van der Waals surface area contributed by atoms with Crippen LogP contribution in [-0.2, 0) is 9.53 Å². The summed E-state index contributed by atoms with van der Waals surface area (Å²) >= 11 is 12.0. The summed E-state index contributed by atoms with van der Waals surface area (Å²) in [4.78, 5) is 23.8. The van der Waals surface area contributed by atoms with E-state index >= 15 is 0 Å². The van der Waals surface area contributed by atoms with Gasteiger partial charge in [-0.1, -0.05) is 6.07 Å². The smallest absolute Gasteiger partial charge is 0.338 e. The van der Waals surface area contributed by atoms with Crippen molar-refractivity contribution in [3.8, 4) is 0 Å². The molecule has 1 saturated carbocycles. The van der Waals surface area contributed by atoms with E-state index in [1.807, 2.05) is 0 Å². The second kappa shape index (κ2) is 4.93. The van der Waals surface area contributed by atoms with Gasteiger partial charge in [-0.3, -0.25) is 4.79 Å². The molecule has 1 unspecified atom stereocenters. The molecule has 1 aromatic carbocycles. The number of hydrogen-bond donors (Lipinski definition) is 1. The number of rotatable bonds is 3. The molecule has 1 aliphatic rings. The lowest BCUT2D eigenvalue weighted by Gasteiger charge is -2.15. The number of anilines is 1. The lowest BCUT2D eigenvalue weighted by molar-refractivity contribution is -0.120. The minimum Gasteiger partial charge on any atom is -0.465 e. The minimum atomic E-state index is -1.02. The fraction of sp³-hybridized carbons (Fsp3) is 0.429. The average Bonchev–Trinajstić information content (AvgIpc) is 2.91. The van der Waals surface area contributed by atoms with Crippen LogP contribution in [0.2, 0.25) is 0 Å². The predicted molar refractivity (Wildman–Crippen MR) is 78.3 cm³/mol. The number of halogens is 2. The first-order chi connectivity index (χ1) is 9.23. The molecule has 1 N–H and O–H groups in total. The first-order valence-corrected chi connectivity index (χ1v) is 6.86. The van der Waals surface area contributed by atoms with Crippen LogP contribution in [0.15, 0.2) is 18.2 Å². The average molecular weight is 316 g/mol. The second-order valence-electron chi connectivity index (χ2n) is 5.14. The fourth-order valence-corrected chi connectivity index (χ4v) is 2.71. The molecule has 0 spiro atoms. The van der Waals surface area contributed by atoms with E-state index in [1.165, 1.54) is 7.11 Å². The largest absolute Gasteiger partial charge is 0.465 e. The zero-order chi connectivity index (χ0) is 15.1. The Labute approximate surface area is 127 Å². The second-order valence-corrected chi connectivity index (χ2v) is 6.62. The maximum Gasteiger partial charge on any atom is 0.338 e. The predicted octanol–water partition coefficient (Wildman–Crippen LogP) is 3.30. The number of methoxy groups -OCH3 is 1. The van der Waals surface area contributed by atoms with Gasteiger partial charge in [0.1, 0.15) is 4.33 Å².